The lowest BCUT2D eigenvalue weighted by Gasteiger charge is -2.28. The van der Waals surface area contributed by atoms with Crippen molar-refractivity contribution in [3.05, 3.63) is 29.5 Å². The normalized spacial score (nSPS) is 19.2. The number of fused-ring (bicyclic) bond motifs is 3. The van der Waals surface area contributed by atoms with Crippen molar-refractivity contribution < 1.29 is 4.74 Å². The molecule has 0 saturated carbocycles. The van der Waals surface area contributed by atoms with Gasteiger partial charge in [-0.1, -0.05) is 0 Å². The summed E-state index contributed by atoms with van der Waals surface area (Å²) in [7, 11) is 6.06. The molecule has 0 fully saturated rings. The van der Waals surface area contributed by atoms with Crippen LogP contribution in [0.5, 0.6) is 5.75 Å². The average Bonchev–Trinajstić information content (AvgIpc) is 2.74. The van der Waals surface area contributed by atoms with Crippen molar-refractivity contribution in [2.45, 2.75) is 25.3 Å². The number of hydrogen-bond donors (Lipinski definition) is 1. The van der Waals surface area contributed by atoms with E-state index in [2.05, 4.69) is 42.2 Å². The molecule has 96 valence electrons. The van der Waals surface area contributed by atoms with Gasteiger partial charge in [-0.3, -0.25) is 0 Å². The summed E-state index contributed by atoms with van der Waals surface area (Å²) in [5.74, 6) is 0.922. The fourth-order valence-corrected chi connectivity index (χ4v) is 2.95. The summed E-state index contributed by atoms with van der Waals surface area (Å²) in [6.45, 7) is 0. The molecule has 3 heteroatoms. The third-order valence-electron chi connectivity index (χ3n) is 4.10. The molecule has 0 aliphatic heterocycles. The molecule has 1 aliphatic rings. The van der Waals surface area contributed by atoms with Crippen LogP contribution in [0, 0.1) is 0 Å². The molecular formula is C15H20N2O. The minimum Gasteiger partial charge on any atom is -0.497 e. The lowest BCUT2D eigenvalue weighted by atomic mass is 9.91. The molecule has 3 rings (SSSR count). The van der Waals surface area contributed by atoms with Crippen LogP contribution in [0.1, 0.15) is 17.7 Å². The zero-order valence-electron chi connectivity index (χ0n) is 11.3. The molecule has 0 radical (unpaired) electrons. The van der Waals surface area contributed by atoms with Crippen LogP contribution in [0.25, 0.3) is 10.9 Å². The standard InChI is InChI=1S/C15H20N2O/c1-17(2)10-4-7-14-13(8-10)12-6-5-11(18-3)9-15(12)16-14/h5-6,9-10,16H,4,7-8H2,1-3H3/t10-/m1/s1. The van der Waals surface area contributed by atoms with Gasteiger partial charge in [-0.05, 0) is 51.1 Å². The van der Waals surface area contributed by atoms with Crippen LogP contribution in [0.15, 0.2) is 18.2 Å². The monoisotopic (exact) mass is 244 g/mol. The van der Waals surface area contributed by atoms with Crippen molar-refractivity contribution in [1.82, 2.24) is 9.88 Å². The van der Waals surface area contributed by atoms with Gasteiger partial charge in [0.2, 0.25) is 0 Å². The molecule has 0 unspecified atom stereocenters. The van der Waals surface area contributed by atoms with Gasteiger partial charge in [0, 0.05) is 28.7 Å². The third kappa shape index (κ3) is 1.79. The van der Waals surface area contributed by atoms with Crippen LogP contribution < -0.4 is 4.74 Å². The number of aromatic amines is 1. The number of ether oxygens (including phenoxy) is 1. The number of likely N-dealkylation sites (N-methyl/N-ethyl adjacent to an activating group) is 1. The highest BCUT2D eigenvalue weighted by molar-refractivity contribution is 5.86. The summed E-state index contributed by atoms with van der Waals surface area (Å²) in [6, 6.07) is 6.99. The smallest absolute Gasteiger partial charge is 0.120 e. The van der Waals surface area contributed by atoms with Gasteiger partial charge in [0.1, 0.15) is 5.75 Å². The number of nitrogens with zero attached hydrogens (tertiary/aromatic N) is 1. The predicted molar refractivity (Wildman–Crippen MR) is 74.4 cm³/mol. The number of aryl methyl sites for hydroxylation is 1. The van der Waals surface area contributed by atoms with Crippen LogP contribution in [0.2, 0.25) is 0 Å². The van der Waals surface area contributed by atoms with Crippen molar-refractivity contribution >= 4 is 10.9 Å². The molecule has 1 aromatic carbocycles. The van der Waals surface area contributed by atoms with Gasteiger partial charge in [0.05, 0.1) is 7.11 Å². The largest absolute Gasteiger partial charge is 0.497 e. The first-order chi connectivity index (χ1) is 8.69. The van der Waals surface area contributed by atoms with E-state index in [-0.39, 0.29) is 0 Å². The molecular weight excluding hydrogens is 224 g/mol. The second-order valence-corrected chi connectivity index (χ2v) is 5.35. The third-order valence-corrected chi connectivity index (χ3v) is 4.10. The molecule has 3 nitrogen and oxygen atoms in total. The Balaban J connectivity index is 2.05. The van der Waals surface area contributed by atoms with Gasteiger partial charge in [-0.15, -0.1) is 0 Å². The molecule has 1 atom stereocenters. The van der Waals surface area contributed by atoms with Crippen molar-refractivity contribution in [3.8, 4) is 5.75 Å². The minimum atomic E-state index is 0.665. The van der Waals surface area contributed by atoms with Gasteiger partial charge in [0.25, 0.3) is 0 Å². The van der Waals surface area contributed by atoms with Crippen LogP contribution in [-0.2, 0) is 12.8 Å². The average molecular weight is 244 g/mol. The van der Waals surface area contributed by atoms with Gasteiger partial charge < -0.3 is 14.6 Å². The summed E-state index contributed by atoms with van der Waals surface area (Å²) in [5.41, 5.74) is 4.12. The number of hydrogen-bond acceptors (Lipinski definition) is 2. The van der Waals surface area contributed by atoms with Crippen molar-refractivity contribution in [1.29, 1.82) is 0 Å². The zero-order valence-corrected chi connectivity index (χ0v) is 11.3. The fourth-order valence-electron chi connectivity index (χ4n) is 2.95. The first-order valence-corrected chi connectivity index (χ1v) is 6.53. The minimum absolute atomic E-state index is 0.665. The van der Waals surface area contributed by atoms with Crippen LogP contribution in [-0.4, -0.2) is 37.1 Å². The highest BCUT2D eigenvalue weighted by atomic mass is 16.5. The van der Waals surface area contributed by atoms with E-state index in [0.717, 1.165) is 18.6 Å². The maximum atomic E-state index is 5.29. The number of nitrogens with one attached hydrogen (secondary N) is 1. The molecule has 1 aliphatic carbocycles. The quantitative estimate of drug-likeness (QED) is 0.879. The number of aromatic nitrogens is 1. The maximum absolute atomic E-state index is 5.29. The Morgan fingerprint density at radius 3 is 2.89 bits per heavy atom. The highest BCUT2D eigenvalue weighted by Crippen LogP contribution is 2.32. The molecule has 2 aromatic rings. The molecule has 18 heavy (non-hydrogen) atoms. The van der Waals surface area contributed by atoms with E-state index in [1.165, 1.54) is 28.6 Å². The molecule has 1 aromatic heterocycles. The number of methoxy groups -OCH3 is 1. The summed E-state index contributed by atoms with van der Waals surface area (Å²) >= 11 is 0. The molecule has 0 saturated heterocycles. The maximum Gasteiger partial charge on any atom is 0.120 e. The lowest BCUT2D eigenvalue weighted by molar-refractivity contribution is 0.268. The highest BCUT2D eigenvalue weighted by Gasteiger charge is 2.23. The molecule has 0 spiro atoms. The Morgan fingerprint density at radius 1 is 1.33 bits per heavy atom. The van der Waals surface area contributed by atoms with E-state index in [4.69, 9.17) is 4.74 Å². The van der Waals surface area contributed by atoms with E-state index in [1.807, 2.05) is 0 Å². The first-order valence-electron chi connectivity index (χ1n) is 6.53. The Labute approximate surface area is 108 Å². The fraction of sp³-hybridized carbons (Fsp3) is 0.467. The zero-order chi connectivity index (χ0) is 12.7. The molecule has 0 bridgehead atoms. The first kappa shape index (κ1) is 11.6. The Kier molecular flexibility index (Phi) is 2.78. The topological polar surface area (TPSA) is 28.3 Å². The van der Waals surface area contributed by atoms with Crippen LogP contribution in [0.4, 0.5) is 0 Å². The summed E-state index contributed by atoms with van der Waals surface area (Å²) in [6.07, 6.45) is 3.54. The Bertz CT molecular complexity index is 571. The number of benzene rings is 1. The van der Waals surface area contributed by atoms with Crippen molar-refractivity contribution in [3.63, 3.8) is 0 Å². The predicted octanol–water partition coefficient (Wildman–Crippen LogP) is 2.60. The van der Waals surface area contributed by atoms with Crippen LogP contribution >= 0.6 is 0 Å². The molecule has 0 amide bonds. The summed E-state index contributed by atoms with van der Waals surface area (Å²) in [5, 5.41) is 1.36. The van der Waals surface area contributed by atoms with Crippen molar-refractivity contribution in [2.24, 2.45) is 0 Å². The summed E-state index contributed by atoms with van der Waals surface area (Å²) < 4.78 is 5.29. The van der Waals surface area contributed by atoms with Crippen molar-refractivity contribution in [2.75, 3.05) is 21.2 Å². The van der Waals surface area contributed by atoms with E-state index in [0.29, 0.717) is 6.04 Å². The van der Waals surface area contributed by atoms with Gasteiger partial charge in [-0.2, -0.15) is 0 Å². The van der Waals surface area contributed by atoms with E-state index in [9.17, 15) is 0 Å². The second-order valence-electron chi connectivity index (χ2n) is 5.35. The number of H-pyrrole nitrogens is 1. The molecule has 1 heterocycles. The lowest BCUT2D eigenvalue weighted by Crippen LogP contribution is -2.33. The van der Waals surface area contributed by atoms with Gasteiger partial charge in [0.15, 0.2) is 0 Å². The SMILES string of the molecule is COc1ccc2c3c([nH]c2c1)CC[C@@H](N(C)C)C3. The van der Waals surface area contributed by atoms with E-state index < -0.39 is 0 Å². The Hall–Kier alpha value is -1.48. The summed E-state index contributed by atoms with van der Waals surface area (Å²) in [4.78, 5) is 5.89. The molecule has 1 N–H and O–H groups in total. The van der Waals surface area contributed by atoms with E-state index in [1.54, 1.807) is 7.11 Å². The van der Waals surface area contributed by atoms with E-state index >= 15 is 0 Å². The van der Waals surface area contributed by atoms with Gasteiger partial charge >= 0.3 is 0 Å². The van der Waals surface area contributed by atoms with Gasteiger partial charge in [-0.25, -0.2) is 0 Å². The Morgan fingerprint density at radius 2 is 2.17 bits per heavy atom. The number of rotatable bonds is 2. The second kappa shape index (κ2) is 4.32. The van der Waals surface area contributed by atoms with Crippen LogP contribution in [0.3, 0.4) is 0 Å².